The first-order valence-electron chi connectivity index (χ1n) is 11.4. The van der Waals surface area contributed by atoms with Gasteiger partial charge in [-0.1, -0.05) is 11.6 Å². The van der Waals surface area contributed by atoms with Crippen LogP contribution >= 0.6 is 11.6 Å². The van der Waals surface area contributed by atoms with Gasteiger partial charge in [0.15, 0.2) is 0 Å². The van der Waals surface area contributed by atoms with Gasteiger partial charge in [-0.15, -0.1) is 0 Å². The van der Waals surface area contributed by atoms with Crippen LogP contribution in [0.5, 0.6) is 0 Å². The van der Waals surface area contributed by atoms with Gasteiger partial charge in [0.2, 0.25) is 0 Å². The van der Waals surface area contributed by atoms with Gasteiger partial charge in [0, 0.05) is 31.8 Å². The van der Waals surface area contributed by atoms with Crippen molar-refractivity contribution < 1.29 is 14.3 Å². The molecule has 4 N–H and O–H groups in total. The zero-order chi connectivity index (χ0) is 24.3. The molecule has 0 saturated heterocycles. The second-order valence-corrected chi connectivity index (χ2v) is 10.3. The molecule has 1 aromatic carbocycles. The molecule has 2 aromatic heterocycles. The number of hydrogen-bond acceptors (Lipinski definition) is 5. The Morgan fingerprint density at radius 1 is 1.26 bits per heavy atom. The summed E-state index contributed by atoms with van der Waals surface area (Å²) in [6.45, 7) is 0. The van der Waals surface area contributed by atoms with E-state index in [1.807, 2.05) is 0 Å². The first-order chi connectivity index (χ1) is 16.1. The lowest BCUT2D eigenvalue weighted by molar-refractivity contribution is -0.155. The summed E-state index contributed by atoms with van der Waals surface area (Å²) in [7, 11) is 3.60. The van der Waals surface area contributed by atoms with Crippen LogP contribution in [0.3, 0.4) is 0 Å². The van der Waals surface area contributed by atoms with Gasteiger partial charge in [0.1, 0.15) is 22.9 Å². The van der Waals surface area contributed by atoms with Crippen molar-refractivity contribution in [3.8, 4) is 0 Å². The van der Waals surface area contributed by atoms with Crippen LogP contribution in [0.2, 0.25) is 5.02 Å². The highest BCUT2D eigenvalue weighted by molar-refractivity contribution is 6.31. The number of aliphatic hydroxyl groups is 1. The number of benzene rings is 1. The summed E-state index contributed by atoms with van der Waals surface area (Å²) < 4.78 is 16.8. The highest BCUT2D eigenvalue weighted by Crippen LogP contribution is 2.62. The van der Waals surface area contributed by atoms with Crippen molar-refractivity contribution in [1.29, 1.82) is 0 Å². The van der Waals surface area contributed by atoms with E-state index < -0.39 is 11.4 Å². The minimum absolute atomic E-state index is 0.0464. The molecular formula is C24H28ClFN6O2. The molecule has 0 atom stereocenters. The Hall–Kier alpha value is -2.91. The maximum absolute atomic E-state index is 13.5. The molecule has 2 saturated carbocycles. The van der Waals surface area contributed by atoms with Crippen LogP contribution in [0.4, 0.5) is 15.9 Å². The zero-order valence-corrected chi connectivity index (χ0v) is 19.9. The fraction of sp³-hybridized carbons (Fsp3) is 0.458. The summed E-state index contributed by atoms with van der Waals surface area (Å²) in [5, 5.41) is 18.1. The standard InChI is InChI=1S/C24H28ClFN6O2/c1-31-13-28-20(21(31)22(33)29-15-3-4-17(26)16(25)9-15)14-5-7-23(8-6-14)11-24(34,12-23)18-10-19(27)30-32(18)2/h3-4,9-10,13-14,34H,5-8,11-12H2,1-2H3,(H2,27,30)(H,29,33). The molecule has 10 heteroatoms. The van der Waals surface area contributed by atoms with E-state index in [0.717, 1.165) is 37.1 Å². The second-order valence-electron chi connectivity index (χ2n) is 9.91. The summed E-state index contributed by atoms with van der Waals surface area (Å²) in [5.74, 6) is -0.263. The molecule has 34 heavy (non-hydrogen) atoms. The van der Waals surface area contributed by atoms with E-state index in [2.05, 4.69) is 15.4 Å². The molecule has 8 nitrogen and oxygen atoms in total. The first-order valence-corrected chi connectivity index (χ1v) is 11.8. The van der Waals surface area contributed by atoms with E-state index >= 15 is 0 Å². The van der Waals surface area contributed by atoms with Crippen molar-refractivity contribution >= 4 is 29.0 Å². The SMILES string of the molecule is Cn1cnc(C2CCC3(CC2)CC(O)(c2cc(N)nn2C)C3)c1C(=O)Nc1ccc(F)c(Cl)c1. The van der Waals surface area contributed by atoms with E-state index in [-0.39, 0.29) is 22.3 Å². The molecule has 5 rings (SSSR count). The number of anilines is 2. The van der Waals surface area contributed by atoms with E-state index in [1.54, 1.807) is 35.7 Å². The molecule has 2 heterocycles. The number of imidazole rings is 1. The van der Waals surface area contributed by atoms with Crippen LogP contribution in [-0.4, -0.2) is 30.3 Å². The van der Waals surface area contributed by atoms with E-state index in [0.29, 0.717) is 30.0 Å². The molecule has 0 unspecified atom stereocenters. The Morgan fingerprint density at radius 3 is 2.59 bits per heavy atom. The van der Waals surface area contributed by atoms with Crippen molar-refractivity contribution in [1.82, 2.24) is 19.3 Å². The number of aromatic nitrogens is 4. The van der Waals surface area contributed by atoms with Gasteiger partial charge >= 0.3 is 0 Å². The van der Waals surface area contributed by atoms with Gasteiger partial charge in [-0.05, 0) is 62.1 Å². The predicted molar refractivity (Wildman–Crippen MR) is 127 cm³/mol. The Morgan fingerprint density at radius 2 is 1.97 bits per heavy atom. The summed E-state index contributed by atoms with van der Waals surface area (Å²) in [6.07, 6.45) is 6.73. The van der Waals surface area contributed by atoms with Crippen molar-refractivity contribution in [2.24, 2.45) is 19.5 Å². The summed E-state index contributed by atoms with van der Waals surface area (Å²) >= 11 is 5.85. The average Bonchev–Trinajstić information content (AvgIpc) is 3.32. The molecule has 2 aliphatic rings. The lowest BCUT2D eigenvalue weighted by atomic mass is 9.51. The molecule has 1 spiro atoms. The van der Waals surface area contributed by atoms with E-state index in [1.165, 1.54) is 18.2 Å². The molecule has 180 valence electrons. The van der Waals surface area contributed by atoms with Crippen LogP contribution in [0, 0.1) is 11.2 Å². The number of nitrogens with one attached hydrogen (secondary N) is 1. The number of rotatable bonds is 4. The monoisotopic (exact) mass is 486 g/mol. The Labute approximate surface area is 201 Å². The zero-order valence-electron chi connectivity index (χ0n) is 19.2. The summed E-state index contributed by atoms with van der Waals surface area (Å²) in [4.78, 5) is 17.6. The van der Waals surface area contributed by atoms with Gasteiger partial charge < -0.3 is 20.7 Å². The van der Waals surface area contributed by atoms with Gasteiger partial charge in [-0.25, -0.2) is 9.37 Å². The van der Waals surface area contributed by atoms with E-state index in [4.69, 9.17) is 17.3 Å². The van der Waals surface area contributed by atoms with Crippen LogP contribution in [0.15, 0.2) is 30.6 Å². The fourth-order valence-corrected chi connectivity index (χ4v) is 6.12. The van der Waals surface area contributed by atoms with Crippen LogP contribution in [0.25, 0.3) is 0 Å². The normalized spacial score (nSPS) is 26.4. The van der Waals surface area contributed by atoms with Crippen molar-refractivity contribution in [2.45, 2.75) is 50.0 Å². The largest absolute Gasteiger partial charge is 0.384 e. The lowest BCUT2D eigenvalue weighted by Crippen LogP contribution is -2.51. The van der Waals surface area contributed by atoms with Gasteiger partial charge in [-0.2, -0.15) is 5.10 Å². The number of carbonyl (C=O) groups excluding carboxylic acids is 1. The second kappa shape index (κ2) is 8.09. The number of nitrogen functional groups attached to an aromatic ring is 1. The third-order valence-corrected chi connectivity index (χ3v) is 7.79. The van der Waals surface area contributed by atoms with Gasteiger partial charge in [0.05, 0.1) is 22.7 Å². The number of halogens is 2. The van der Waals surface area contributed by atoms with Gasteiger partial charge in [-0.3, -0.25) is 9.48 Å². The van der Waals surface area contributed by atoms with Crippen molar-refractivity contribution in [3.05, 3.63) is 58.5 Å². The Kier molecular flexibility index (Phi) is 5.44. The number of nitrogens with zero attached hydrogens (tertiary/aromatic N) is 4. The summed E-state index contributed by atoms with van der Waals surface area (Å²) in [5.41, 5.74) is 7.47. The molecule has 2 aliphatic carbocycles. The number of nitrogens with two attached hydrogens (primary N) is 1. The number of amides is 1. The van der Waals surface area contributed by atoms with E-state index in [9.17, 15) is 14.3 Å². The topological polar surface area (TPSA) is 111 Å². The summed E-state index contributed by atoms with van der Waals surface area (Å²) in [6, 6.07) is 5.85. The lowest BCUT2D eigenvalue weighted by Gasteiger charge is -2.56. The van der Waals surface area contributed by atoms with Crippen LogP contribution < -0.4 is 11.1 Å². The van der Waals surface area contributed by atoms with Gasteiger partial charge in [0.25, 0.3) is 5.91 Å². The molecule has 2 fully saturated rings. The minimum Gasteiger partial charge on any atom is -0.384 e. The Balaban J connectivity index is 1.27. The van der Waals surface area contributed by atoms with Crippen molar-refractivity contribution in [3.63, 3.8) is 0 Å². The molecular weight excluding hydrogens is 459 g/mol. The first kappa shape index (κ1) is 22.9. The molecule has 0 aliphatic heterocycles. The smallest absolute Gasteiger partial charge is 0.274 e. The molecule has 3 aromatic rings. The maximum atomic E-state index is 13.5. The number of hydrogen-bond donors (Lipinski definition) is 3. The van der Waals surface area contributed by atoms with Crippen LogP contribution in [0.1, 0.15) is 66.3 Å². The third kappa shape index (κ3) is 3.86. The number of carbonyl (C=O) groups is 1. The molecule has 1 amide bonds. The minimum atomic E-state index is -0.890. The van der Waals surface area contributed by atoms with Crippen molar-refractivity contribution in [2.75, 3.05) is 11.1 Å². The molecule has 0 bridgehead atoms. The molecule has 0 radical (unpaired) electrons. The quantitative estimate of drug-likeness (QED) is 0.514. The maximum Gasteiger partial charge on any atom is 0.274 e. The highest BCUT2D eigenvalue weighted by atomic mass is 35.5. The Bertz CT molecular complexity index is 1250. The fourth-order valence-electron chi connectivity index (χ4n) is 5.94. The number of aryl methyl sites for hydroxylation is 2. The van der Waals surface area contributed by atoms with Crippen LogP contribution in [-0.2, 0) is 19.7 Å². The highest BCUT2D eigenvalue weighted by Gasteiger charge is 2.56. The third-order valence-electron chi connectivity index (χ3n) is 7.50. The predicted octanol–water partition coefficient (Wildman–Crippen LogP) is 4.11. The average molecular weight is 487 g/mol.